The standard InChI is InChI=1S/C6H5FN4.CH2O/c7-6-10-4(8)3-1-2-9-5(3)11-6;1-2/h1-2H,(H3,8,9,10,11);1H2. The Kier molecular flexibility index (Phi) is 2.53. The lowest BCUT2D eigenvalue weighted by molar-refractivity contribution is -0.0979. The molecule has 0 aliphatic rings. The Hall–Kier alpha value is -1.98. The zero-order valence-corrected chi connectivity index (χ0v) is 6.62. The minimum atomic E-state index is -0.808. The lowest BCUT2D eigenvalue weighted by atomic mass is 10.4. The zero-order chi connectivity index (χ0) is 9.84. The molecule has 68 valence electrons. The first kappa shape index (κ1) is 9.11. The minimum absolute atomic E-state index is 0.161. The van der Waals surface area contributed by atoms with Crippen molar-refractivity contribution in [3.8, 4) is 0 Å². The molecule has 13 heavy (non-hydrogen) atoms. The molecular weight excluding hydrogens is 175 g/mol. The molecule has 2 heterocycles. The van der Waals surface area contributed by atoms with Crippen LogP contribution in [-0.4, -0.2) is 21.7 Å². The number of nitrogen functional groups attached to an aromatic ring is 1. The number of nitrogens with zero attached hydrogens (tertiary/aromatic N) is 2. The molecule has 0 atom stereocenters. The van der Waals surface area contributed by atoms with Gasteiger partial charge >= 0.3 is 6.08 Å². The fourth-order valence-corrected chi connectivity index (χ4v) is 0.937. The summed E-state index contributed by atoms with van der Waals surface area (Å²) in [6.45, 7) is 2.00. The van der Waals surface area contributed by atoms with Crippen LogP contribution in [0.5, 0.6) is 0 Å². The van der Waals surface area contributed by atoms with Crippen molar-refractivity contribution in [3.05, 3.63) is 18.3 Å². The highest BCUT2D eigenvalue weighted by Crippen LogP contribution is 2.14. The predicted molar refractivity (Wildman–Crippen MR) is 45.4 cm³/mol. The van der Waals surface area contributed by atoms with Crippen LogP contribution in [0.15, 0.2) is 12.3 Å². The van der Waals surface area contributed by atoms with Crippen LogP contribution >= 0.6 is 0 Å². The number of hydrogen-bond acceptors (Lipinski definition) is 4. The molecule has 0 unspecified atom stereocenters. The number of carbonyl (C=O) groups is 1. The van der Waals surface area contributed by atoms with Gasteiger partial charge in [0.1, 0.15) is 18.3 Å². The van der Waals surface area contributed by atoms with Crippen LogP contribution in [0.4, 0.5) is 10.2 Å². The topological polar surface area (TPSA) is 84.7 Å². The van der Waals surface area contributed by atoms with Crippen LogP contribution in [0, 0.1) is 6.08 Å². The average Bonchev–Trinajstić information content (AvgIpc) is 2.55. The molecule has 0 aliphatic carbocycles. The normalized spacial score (nSPS) is 9.31. The fourth-order valence-electron chi connectivity index (χ4n) is 0.937. The minimum Gasteiger partial charge on any atom is -0.383 e. The van der Waals surface area contributed by atoms with E-state index in [9.17, 15) is 4.39 Å². The number of hydrogen-bond donors (Lipinski definition) is 2. The molecule has 0 bridgehead atoms. The molecule has 3 N–H and O–H groups in total. The average molecular weight is 182 g/mol. The second kappa shape index (κ2) is 3.61. The molecular formula is C7H7FN4O. The van der Waals surface area contributed by atoms with Crippen molar-refractivity contribution in [2.75, 3.05) is 5.73 Å². The molecule has 0 aliphatic heterocycles. The smallest absolute Gasteiger partial charge is 0.312 e. The van der Waals surface area contributed by atoms with E-state index in [1.807, 2.05) is 6.79 Å². The molecule has 2 rings (SSSR count). The molecule has 0 fully saturated rings. The van der Waals surface area contributed by atoms with Gasteiger partial charge in [-0.15, -0.1) is 0 Å². The van der Waals surface area contributed by atoms with E-state index in [0.29, 0.717) is 11.0 Å². The van der Waals surface area contributed by atoms with E-state index < -0.39 is 6.08 Å². The van der Waals surface area contributed by atoms with Crippen LogP contribution in [0.3, 0.4) is 0 Å². The molecule has 6 heteroatoms. The van der Waals surface area contributed by atoms with Gasteiger partial charge in [-0.25, -0.2) is 0 Å². The number of anilines is 1. The van der Waals surface area contributed by atoms with Gasteiger partial charge in [0.05, 0.1) is 5.39 Å². The first-order valence-electron chi connectivity index (χ1n) is 3.32. The van der Waals surface area contributed by atoms with Crippen LogP contribution in [0.25, 0.3) is 11.0 Å². The number of carbonyl (C=O) groups excluding carboxylic acids is 1. The summed E-state index contributed by atoms with van der Waals surface area (Å²) in [4.78, 5) is 17.6. The third kappa shape index (κ3) is 1.61. The van der Waals surface area contributed by atoms with E-state index in [4.69, 9.17) is 10.5 Å². The fraction of sp³-hybridized carbons (Fsp3) is 0. The second-order valence-electron chi connectivity index (χ2n) is 2.12. The first-order chi connectivity index (χ1) is 6.27. The van der Waals surface area contributed by atoms with Crippen LogP contribution < -0.4 is 5.73 Å². The van der Waals surface area contributed by atoms with Gasteiger partial charge in [-0.2, -0.15) is 14.4 Å². The van der Waals surface area contributed by atoms with E-state index in [1.165, 1.54) is 0 Å². The highest BCUT2D eigenvalue weighted by atomic mass is 19.1. The molecule has 2 aromatic heterocycles. The van der Waals surface area contributed by atoms with Crippen LogP contribution in [0.1, 0.15) is 0 Å². The van der Waals surface area contributed by atoms with Crippen LogP contribution in [-0.2, 0) is 4.79 Å². The molecule has 0 spiro atoms. The van der Waals surface area contributed by atoms with Crippen molar-refractivity contribution in [2.45, 2.75) is 0 Å². The van der Waals surface area contributed by atoms with Gasteiger partial charge in [0, 0.05) is 6.20 Å². The van der Waals surface area contributed by atoms with E-state index in [2.05, 4.69) is 15.0 Å². The molecule has 2 aromatic rings. The van der Waals surface area contributed by atoms with Gasteiger partial charge < -0.3 is 15.5 Å². The molecule has 0 amide bonds. The maximum atomic E-state index is 12.5. The summed E-state index contributed by atoms with van der Waals surface area (Å²) in [6.07, 6.45) is 0.826. The van der Waals surface area contributed by atoms with Gasteiger partial charge in [0.2, 0.25) is 0 Å². The Balaban J connectivity index is 0.000000396. The number of nitrogens with two attached hydrogens (primary N) is 1. The molecule has 0 radical (unpaired) electrons. The Labute approximate surface area is 72.8 Å². The van der Waals surface area contributed by atoms with Gasteiger partial charge in [-0.05, 0) is 6.07 Å². The summed E-state index contributed by atoms with van der Waals surface area (Å²) in [7, 11) is 0. The summed E-state index contributed by atoms with van der Waals surface area (Å²) >= 11 is 0. The number of aromatic amines is 1. The molecule has 0 saturated heterocycles. The Morgan fingerprint density at radius 3 is 2.85 bits per heavy atom. The van der Waals surface area contributed by atoms with Crippen LogP contribution in [0.2, 0.25) is 0 Å². The monoisotopic (exact) mass is 182 g/mol. The quantitative estimate of drug-likeness (QED) is 0.581. The van der Waals surface area contributed by atoms with Crippen molar-refractivity contribution in [1.82, 2.24) is 15.0 Å². The third-order valence-corrected chi connectivity index (χ3v) is 1.42. The van der Waals surface area contributed by atoms with E-state index in [1.54, 1.807) is 12.3 Å². The predicted octanol–water partition coefficient (Wildman–Crippen LogP) is 0.494. The van der Waals surface area contributed by atoms with E-state index in [-0.39, 0.29) is 5.82 Å². The van der Waals surface area contributed by atoms with E-state index in [0.717, 1.165) is 0 Å². The summed E-state index contributed by atoms with van der Waals surface area (Å²) in [5.74, 6) is 0.161. The molecule has 5 nitrogen and oxygen atoms in total. The molecule has 0 saturated carbocycles. The van der Waals surface area contributed by atoms with Gasteiger partial charge in [0.15, 0.2) is 0 Å². The highest BCUT2D eigenvalue weighted by Gasteiger charge is 2.03. The third-order valence-electron chi connectivity index (χ3n) is 1.42. The van der Waals surface area contributed by atoms with Crippen molar-refractivity contribution >= 4 is 23.6 Å². The van der Waals surface area contributed by atoms with Crippen molar-refractivity contribution in [3.63, 3.8) is 0 Å². The summed E-state index contributed by atoms with van der Waals surface area (Å²) in [5.41, 5.74) is 5.82. The number of aromatic nitrogens is 3. The second-order valence-corrected chi connectivity index (χ2v) is 2.12. The Bertz CT molecular complexity index is 414. The highest BCUT2D eigenvalue weighted by molar-refractivity contribution is 5.85. The lowest BCUT2D eigenvalue weighted by Crippen LogP contribution is -1.96. The summed E-state index contributed by atoms with van der Waals surface area (Å²) in [5, 5.41) is 0.645. The Morgan fingerprint density at radius 2 is 2.15 bits per heavy atom. The largest absolute Gasteiger partial charge is 0.383 e. The Morgan fingerprint density at radius 1 is 1.46 bits per heavy atom. The van der Waals surface area contributed by atoms with Crippen molar-refractivity contribution < 1.29 is 9.18 Å². The first-order valence-corrected chi connectivity index (χ1v) is 3.32. The van der Waals surface area contributed by atoms with Crippen molar-refractivity contribution in [1.29, 1.82) is 0 Å². The number of halogens is 1. The number of rotatable bonds is 0. The van der Waals surface area contributed by atoms with Gasteiger partial charge in [-0.1, -0.05) is 0 Å². The van der Waals surface area contributed by atoms with Gasteiger partial charge in [0.25, 0.3) is 0 Å². The van der Waals surface area contributed by atoms with Crippen molar-refractivity contribution in [2.24, 2.45) is 0 Å². The number of H-pyrrole nitrogens is 1. The number of nitrogens with one attached hydrogen (secondary N) is 1. The maximum absolute atomic E-state index is 12.5. The maximum Gasteiger partial charge on any atom is 0.312 e. The SMILES string of the molecule is C=O.Nc1nc(F)nc2[nH]ccc12. The molecule has 0 aromatic carbocycles. The summed E-state index contributed by atoms with van der Waals surface area (Å²) < 4.78 is 12.5. The number of fused-ring (bicyclic) bond motifs is 1. The lowest BCUT2D eigenvalue weighted by Gasteiger charge is -1.92. The summed E-state index contributed by atoms with van der Waals surface area (Å²) in [6, 6.07) is 1.70. The zero-order valence-electron chi connectivity index (χ0n) is 6.62. The van der Waals surface area contributed by atoms with E-state index >= 15 is 0 Å². The van der Waals surface area contributed by atoms with Gasteiger partial charge in [-0.3, -0.25) is 0 Å².